The van der Waals surface area contributed by atoms with Crippen LogP contribution in [0.15, 0.2) is 78.0 Å². The average molecular weight is 384 g/mol. The van der Waals surface area contributed by atoms with Gasteiger partial charge in [-0.05, 0) is 36.2 Å². The zero-order chi connectivity index (χ0) is 20.2. The van der Waals surface area contributed by atoms with Gasteiger partial charge in [-0.2, -0.15) is 0 Å². The summed E-state index contributed by atoms with van der Waals surface area (Å²) in [5.41, 5.74) is 3.32. The van der Waals surface area contributed by atoms with Crippen LogP contribution in [-0.2, 0) is 13.1 Å². The number of hydrogen-bond acceptors (Lipinski definition) is 4. The van der Waals surface area contributed by atoms with Crippen molar-refractivity contribution in [1.29, 1.82) is 0 Å². The third-order valence-corrected chi connectivity index (χ3v) is 4.76. The largest absolute Gasteiger partial charge is 0.348 e. The Morgan fingerprint density at radius 1 is 1.07 bits per heavy atom. The Hall–Kier alpha value is -3.80. The maximum absolute atomic E-state index is 13.0. The fourth-order valence-electron chi connectivity index (χ4n) is 3.22. The normalized spacial score (nSPS) is 10.8. The first kappa shape index (κ1) is 18.6. The van der Waals surface area contributed by atoms with E-state index < -0.39 is 0 Å². The average Bonchev–Trinajstić information content (AvgIpc) is 2.75. The van der Waals surface area contributed by atoms with Crippen molar-refractivity contribution in [3.05, 3.63) is 106 Å². The molecule has 0 atom stereocenters. The molecule has 0 saturated heterocycles. The van der Waals surface area contributed by atoms with E-state index in [1.165, 1.54) is 0 Å². The van der Waals surface area contributed by atoms with Crippen LogP contribution >= 0.6 is 0 Å². The summed E-state index contributed by atoms with van der Waals surface area (Å²) in [6, 6.07) is 16.9. The van der Waals surface area contributed by atoms with Gasteiger partial charge in [-0.3, -0.25) is 19.6 Å². The Bertz CT molecular complexity index is 1220. The molecule has 6 nitrogen and oxygen atoms in total. The van der Waals surface area contributed by atoms with E-state index in [1.807, 2.05) is 42.5 Å². The van der Waals surface area contributed by atoms with Gasteiger partial charge in [-0.1, -0.05) is 36.4 Å². The molecule has 29 heavy (non-hydrogen) atoms. The topological polar surface area (TPSA) is 76.9 Å². The van der Waals surface area contributed by atoms with Crippen molar-refractivity contribution in [2.75, 3.05) is 0 Å². The number of fused-ring (bicyclic) bond motifs is 1. The van der Waals surface area contributed by atoms with Crippen LogP contribution in [0.4, 0.5) is 0 Å². The van der Waals surface area contributed by atoms with Crippen molar-refractivity contribution in [2.24, 2.45) is 0 Å². The molecular weight excluding hydrogens is 364 g/mol. The van der Waals surface area contributed by atoms with Gasteiger partial charge < -0.3 is 9.88 Å². The van der Waals surface area contributed by atoms with Crippen molar-refractivity contribution in [3.63, 3.8) is 0 Å². The number of carbonyl (C=O) groups is 1. The maximum atomic E-state index is 13.0. The monoisotopic (exact) mass is 384 g/mol. The summed E-state index contributed by atoms with van der Waals surface area (Å²) < 4.78 is 1.60. The Labute approximate surface area is 167 Å². The minimum Gasteiger partial charge on any atom is -0.348 e. The number of carbonyl (C=O) groups excluding carboxylic acids is 1. The number of amides is 1. The van der Waals surface area contributed by atoms with Crippen LogP contribution in [0, 0.1) is 6.92 Å². The predicted molar refractivity (Wildman–Crippen MR) is 112 cm³/mol. The molecule has 0 spiro atoms. The lowest BCUT2D eigenvalue weighted by molar-refractivity contribution is 0.0950. The van der Waals surface area contributed by atoms with E-state index in [4.69, 9.17) is 0 Å². The number of benzene rings is 1. The van der Waals surface area contributed by atoms with Crippen molar-refractivity contribution < 1.29 is 4.79 Å². The first-order chi connectivity index (χ1) is 14.1. The highest BCUT2D eigenvalue weighted by atomic mass is 16.1. The third kappa shape index (κ3) is 4.06. The zero-order valence-corrected chi connectivity index (χ0v) is 16.0. The molecule has 4 rings (SSSR count). The standard InChI is InChI=1S/C23H20N4O2/c1-16-19(22(28)25-14-17-6-3-2-4-7-17)12-20-21(26-16)9-11-27(23(20)29)15-18-8-5-10-24-13-18/h2-13H,14-15H2,1H3,(H,25,28). The van der Waals surface area contributed by atoms with Crippen LogP contribution < -0.4 is 10.9 Å². The summed E-state index contributed by atoms with van der Waals surface area (Å²) in [5, 5.41) is 3.32. The molecular formula is C23H20N4O2. The molecule has 144 valence electrons. The van der Waals surface area contributed by atoms with Crippen LogP contribution in [0.5, 0.6) is 0 Å². The zero-order valence-electron chi connectivity index (χ0n) is 16.0. The molecule has 0 aliphatic heterocycles. The van der Waals surface area contributed by atoms with Crippen LogP contribution in [0.3, 0.4) is 0 Å². The summed E-state index contributed by atoms with van der Waals surface area (Å²) in [4.78, 5) is 34.2. The number of aryl methyl sites for hydroxylation is 1. The second kappa shape index (κ2) is 8.06. The predicted octanol–water partition coefficient (Wildman–Crippen LogP) is 3.08. The van der Waals surface area contributed by atoms with Gasteiger partial charge in [0.25, 0.3) is 11.5 Å². The van der Waals surface area contributed by atoms with Gasteiger partial charge in [0.15, 0.2) is 0 Å². The van der Waals surface area contributed by atoms with Crippen molar-refractivity contribution >= 4 is 16.8 Å². The van der Waals surface area contributed by atoms with Crippen LogP contribution in [0.1, 0.15) is 27.2 Å². The van der Waals surface area contributed by atoms with E-state index in [9.17, 15) is 9.59 Å². The molecule has 3 aromatic heterocycles. The molecule has 3 heterocycles. The number of rotatable bonds is 5. The van der Waals surface area contributed by atoms with Crippen LogP contribution in [0.25, 0.3) is 10.9 Å². The fourth-order valence-corrected chi connectivity index (χ4v) is 3.22. The number of nitrogens with zero attached hydrogens (tertiary/aromatic N) is 3. The molecule has 0 saturated carbocycles. The third-order valence-electron chi connectivity index (χ3n) is 4.76. The van der Waals surface area contributed by atoms with Gasteiger partial charge in [0.05, 0.1) is 28.7 Å². The molecule has 1 aromatic carbocycles. The van der Waals surface area contributed by atoms with Crippen LogP contribution in [-0.4, -0.2) is 20.4 Å². The van der Waals surface area contributed by atoms with Gasteiger partial charge >= 0.3 is 0 Å². The van der Waals surface area contributed by atoms with Crippen LogP contribution in [0.2, 0.25) is 0 Å². The van der Waals surface area contributed by atoms with E-state index in [-0.39, 0.29) is 11.5 Å². The smallest absolute Gasteiger partial charge is 0.260 e. The lowest BCUT2D eigenvalue weighted by Gasteiger charge is -2.11. The molecule has 0 unspecified atom stereocenters. The van der Waals surface area contributed by atoms with E-state index in [2.05, 4.69) is 15.3 Å². The minimum atomic E-state index is -0.247. The SMILES string of the molecule is Cc1nc2ccn(Cc3cccnc3)c(=O)c2cc1C(=O)NCc1ccccc1. The van der Waals surface area contributed by atoms with Crippen molar-refractivity contribution in [3.8, 4) is 0 Å². The molecule has 0 aliphatic carbocycles. The first-order valence-electron chi connectivity index (χ1n) is 9.33. The number of aromatic nitrogens is 3. The van der Waals surface area contributed by atoms with E-state index >= 15 is 0 Å². The molecule has 6 heteroatoms. The highest BCUT2D eigenvalue weighted by Gasteiger charge is 2.14. The summed E-state index contributed by atoms with van der Waals surface area (Å²) in [6.45, 7) is 2.60. The minimum absolute atomic E-state index is 0.184. The fraction of sp³-hybridized carbons (Fsp3) is 0.130. The molecule has 4 aromatic rings. The summed E-state index contributed by atoms with van der Waals surface area (Å²) in [5.74, 6) is -0.247. The first-order valence-corrected chi connectivity index (χ1v) is 9.33. The molecule has 1 amide bonds. The molecule has 0 aliphatic rings. The second-order valence-corrected chi connectivity index (χ2v) is 6.83. The van der Waals surface area contributed by atoms with Gasteiger partial charge in [0.2, 0.25) is 0 Å². The van der Waals surface area contributed by atoms with Gasteiger partial charge in [0, 0.05) is 25.1 Å². The summed E-state index contributed by atoms with van der Waals surface area (Å²) in [7, 11) is 0. The number of nitrogens with one attached hydrogen (secondary N) is 1. The highest BCUT2D eigenvalue weighted by molar-refractivity contribution is 5.98. The quantitative estimate of drug-likeness (QED) is 0.574. The van der Waals surface area contributed by atoms with Crippen molar-refractivity contribution in [1.82, 2.24) is 19.9 Å². The van der Waals surface area contributed by atoms with Crippen molar-refractivity contribution in [2.45, 2.75) is 20.0 Å². The lowest BCUT2D eigenvalue weighted by Crippen LogP contribution is -2.25. The Balaban J connectivity index is 1.64. The second-order valence-electron chi connectivity index (χ2n) is 6.83. The van der Waals surface area contributed by atoms with Gasteiger partial charge in [-0.25, -0.2) is 0 Å². The van der Waals surface area contributed by atoms with Gasteiger partial charge in [-0.15, -0.1) is 0 Å². The number of pyridine rings is 3. The van der Waals surface area contributed by atoms with E-state index in [1.54, 1.807) is 42.2 Å². The summed E-state index contributed by atoms with van der Waals surface area (Å²) in [6.07, 6.45) is 5.14. The Morgan fingerprint density at radius 3 is 2.62 bits per heavy atom. The van der Waals surface area contributed by atoms with E-state index in [0.29, 0.717) is 35.2 Å². The van der Waals surface area contributed by atoms with E-state index in [0.717, 1.165) is 11.1 Å². The molecule has 0 fully saturated rings. The maximum Gasteiger partial charge on any atom is 0.260 e. The van der Waals surface area contributed by atoms with Gasteiger partial charge in [0.1, 0.15) is 0 Å². The highest BCUT2D eigenvalue weighted by Crippen LogP contribution is 2.14. The molecule has 0 radical (unpaired) electrons. The molecule has 0 bridgehead atoms. The lowest BCUT2D eigenvalue weighted by atomic mass is 10.1. The Morgan fingerprint density at radius 2 is 1.86 bits per heavy atom. The molecule has 1 N–H and O–H groups in total. The Kier molecular flexibility index (Phi) is 5.16. The number of hydrogen-bond donors (Lipinski definition) is 1. The summed E-state index contributed by atoms with van der Waals surface area (Å²) >= 11 is 0.